The maximum atomic E-state index is 13.9. The lowest BCUT2D eigenvalue weighted by atomic mass is 10.0. The highest BCUT2D eigenvalue weighted by atomic mass is 19.1. The third-order valence-corrected chi connectivity index (χ3v) is 9.64. The summed E-state index contributed by atoms with van der Waals surface area (Å²) < 4.78 is 34.1. The third-order valence-electron chi connectivity index (χ3n) is 9.64. The molecule has 0 aliphatic heterocycles. The molecule has 0 radical (unpaired) electrons. The second-order valence-electron chi connectivity index (χ2n) is 13.2. The van der Waals surface area contributed by atoms with Crippen molar-refractivity contribution in [2.75, 3.05) is 9.80 Å². The van der Waals surface area contributed by atoms with Crippen LogP contribution in [0.4, 0.5) is 42.9 Å². The zero-order valence-electron chi connectivity index (χ0n) is 29.6. The Hall–Kier alpha value is -7.31. The Morgan fingerprint density at radius 3 is 1.13 bits per heavy atom. The van der Waals surface area contributed by atoms with Gasteiger partial charge in [0, 0.05) is 45.8 Å². The van der Waals surface area contributed by atoms with Crippen molar-refractivity contribution in [1.29, 1.82) is 0 Å². The Kier molecular flexibility index (Phi) is 8.90. The van der Waals surface area contributed by atoms with Crippen molar-refractivity contribution in [3.63, 3.8) is 0 Å². The summed E-state index contributed by atoms with van der Waals surface area (Å²) in [6.45, 7) is 0. The van der Waals surface area contributed by atoms with Crippen LogP contribution in [0.1, 0.15) is 0 Å². The van der Waals surface area contributed by atoms with Gasteiger partial charge in [0.15, 0.2) is 5.58 Å². The number of rotatable bonds is 9. The molecule has 9 rings (SSSR count). The van der Waals surface area contributed by atoms with Gasteiger partial charge < -0.3 is 14.2 Å². The van der Waals surface area contributed by atoms with E-state index in [9.17, 15) is 8.78 Å². The minimum absolute atomic E-state index is 0.339. The first-order valence-electron chi connectivity index (χ1n) is 18.0. The molecule has 1 aromatic heterocycles. The zero-order chi connectivity index (χ0) is 37.1. The number of benzene rings is 8. The van der Waals surface area contributed by atoms with Crippen molar-refractivity contribution in [2.45, 2.75) is 0 Å². The molecule has 0 saturated heterocycles. The van der Waals surface area contributed by atoms with E-state index in [4.69, 9.17) is 9.40 Å². The van der Waals surface area contributed by atoms with E-state index in [0.717, 1.165) is 50.8 Å². The average molecular weight is 718 g/mol. The lowest BCUT2D eigenvalue weighted by molar-refractivity contribution is 0.620. The number of halogens is 2. The van der Waals surface area contributed by atoms with Crippen molar-refractivity contribution < 1.29 is 13.2 Å². The third kappa shape index (κ3) is 6.97. The van der Waals surface area contributed by atoms with Crippen molar-refractivity contribution in [1.82, 2.24) is 4.98 Å². The molecule has 0 amide bonds. The SMILES string of the molecule is Fc1ccc(N(c2ccc(F)cc2)c2ccc3nc(-c4ccc(N(c5ccc(-c6ccccc6)cc5)c5ccc(-c6ccccc6)cc5)cc4)oc3c2)cc1. The van der Waals surface area contributed by atoms with Crippen molar-refractivity contribution in [3.05, 3.63) is 212 Å². The molecular formula is C49H33F2N3O. The zero-order valence-corrected chi connectivity index (χ0v) is 29.6. The summed E-state index contributed by atoms with van der Waals surface area (Å²) in [4.78, 5) is 8.98. The van der Waals surface area contributed by atoms with Crippen LogP contribution in [0.5, 0.6) is 0 Å². The van der Waals surface area contributed by atoms with Crippen molar-refractivity contribution >= 4 is 45.2 Å². The second kappa shape index (κ2) is 14.6. The van der Waals surface area contributed by atoms with Gasteiger partial charge in [-0.25, -0.2) is 13.8 Å². The Morgan fingerprint density at radius 1 is 0.345 bits per heavy atom. The van der Waals surface area contributed by atoms with Gasteiger partial charge >= 0.3 is 0 Å². The predicted octanol–water partition coefficient (Wildman–Crippen LogP) is 14.0. The first-order valence-corrected chi connectivity index (χ1v) is 18.0. The van der Waals surface area contributed by atoms with Gasteiger partial charge in [-0.2, -0.15) is 0 Å². The lowest BCUT2D eigenvalue weighted by Crippen LogP contribution is -2.09. The number of aromatic nitrogens is 1. The van der Waals surface area contributed by atoms with Gasteiger partial charge in [0.25, 0.3) is 0 Å². The average Bonchev–Trinajstić information content (AvgIpc) is 3.68. The summed E-state index contributed by atoms with van der Waals surface area (Å²) in [6, 6.07) is 64.3. The molecule has 0 aliphatic carbocycles. The van der Waals surface area contributed by atoms with Gasteiger partial charge in [-0.3, -0.25) is 0 Å². The highest BCUT2D eigenvalue weighted by molar-refractivity contribution is 5.86. The van der Waals surface area contributed by atoms with E-state index < -0.39 is 0 Å². The van der Waals surface area contributed by atoms with Gasteiger partial charge in [0.2, 0.25) is 5.89 Å². The standard InChI is InChI=1S/C49H33F2N3O/c50-39-17-27-44(28-18-39)54(45-29-19-40(51)20-30-45)46-31-32-47-48(33-46)55-49(52-47)38-15-25-43(26-16-38)53(41-21-11-36(12-22-41)34-7-3-1-4-8-34)42-23-13-37(14-24-42)35-9-5-2-6-10-35/h1-33H. The van der Waals surface area contributed by atoms with E-state index in [-0.39, 0.29) is 11.6 Å². The first-order chi connectivity index (χ1) is 27.1. The van der Waals surface area contributed by atoms with E-state index in [1.807, 2.05) is 47.4 Å². The van der Waals surface area contributed by atoms with E-state index >= 15 is 0 Å². The first kappa shape index (κ1) is 33.5. The monoisotopic (exact) mass is 717 g/mol. The van der Waals surface area contributed by atoms with E-state index in [1.165, 1.54) is 35.4 Å². The molecule has 0 saturated carbocycles. The molecule has 55 heavy (non-hydrogen) atoms. The quantitative estimate of drug-likeness (QED) is 0.149. The summed E-state index contributed by atoms with van der Waals surface area (Å²) in [5.74, 6) is -0.191. The number of hydrogen-bond donors (Lipinski definition) is 0. The van der Waals surface area contributed by atoms with Gasteiger partial charge in [0.05, 0.1) is 0 Å². The largest absolute Gasteiger partial charge is 0.436 e. The van der Waals surface area contributed by atoms with E-state index in [0.29, 0.717) is 17.0 Å². The number of oxazole rings is 1. The molecule has 1 heterocycles. The molecule has 6 heteroatoms. The van der Waals surface area contributed by atoms with Gasteiger partial charge in [-0.1, -0.05) is 84.9 Å². The number of hydrogen-bond acceptors (Lipinski definition) is 4. The fraction of sp³-hybridized carbons (Fsp3) is 0. The second-order valence-corrected chi connectivity index (χ2v) is 13.2. The summed E-state index contributed by atoms with van der Waals surface area (Å²) >= 11 is 0. The van der Waals surface area contributed by atoms with Crippen LogP contribution in [-0.4, -0.2) is 4.98 Å². The highest BCUT2D eigenvalue weighted by Gasteiger charge is 2.18. The fourth-order valence-electron chi connectivity index (χ4n) is 6.87. The summed E-state index contributed by atoms with van der Waals surface area (Å²) in [7, 11) is 0. The molecule has 264 valence electrons. The molecule has 0 aliphatic rings. The van der Waals surface area contributed by atoms with Gasteiger partial charge in [-0.15, -0.1) is 0 Å². The number of fused-ring (bicyclic) bond motifs is 1. The van der Waals surface area contributed by atoms with Crippen LogP contribution in [0, 0.1) is 11.6 Å². The van der Waals surface area contributed by atoms with E-state index in [1.54, 1.807) is 24.3 Å². The molecule has 0 fully saturated rings. The maximum Gasteiger partial charge on any atom is 0.227 e. The Labute approximate surface area is 317 Å². The van der Waals surface area contributed by atoms with E-state index in [2.05, 4.69) is 114 Å². The minimum atomic E-state index is -0.339. The predicted molar refractivity (Wildman–Crippen MR) is 220 cm³/mol. The molecule has 9 aromatic rings. The summed E-state index contributed by atoms with van der Waals surface area (Å²) in [5, 5.41) is 0. The van der Waals surface area contributed by atoms with Crippen LogP contribution in [0.25, 0.3) is 44.8 Å². The van der Waals surface area contributed by atoms with Crippen LogP contribution in [-0.2, 0) is 0 Å². The smallest absolute Gasteiger partial charge is 0.227 e. The van der Waals surface area contributed by atoms with Crippen LogP contribution in [0.15, 0.2) is 205 Å². The van der Waals surface area contributed by atoms with Crippen LogP contribution >= 0.6 is 0 Å². The normalized spacial score (nSPS) is 11.1. The molecular weight excluding hydrogens is 685 g/mol. The topological polar surface area (TPSA) is 32.5 Å². The Balaban J connectivity index is 1.05. The molecule has 4 nitrogen and oxygen atoms in total. The molecule has 0 bridgehead atoms. The highest BCUT2D eigenvalue weighted by Crippen LogP contribution is 2.40. The van der Waals surface area contributed by atoms with Crippen LogP contribution in [0.3, 0.4) is 0 Å². The Morgan fingerprint density at radius 2 is 0.691 bits per heavy atom. The van der Waals surface area contributed by atoms with Crippen LogP contribution in [0.2, 0.25) is 0 Å². The molecule has 8 aromatic carbocycles. The number of anilines is 6. The fourth-order valence-corrected chi connectivity index (χ4v) is 6.87. The minimum Gasteiger partial charge on any atom is -0.436 e. The van der Waals surface area contributed by atoms with Crippen LogP contribution < -0.4 is 9.80 Å². The van der Waals surface area contributed by atoms with Gasteiger partial charge in [-0.05, 0) is 131 Å². The van der Waals surface area contributed by atoms with Gasteiger partial charge in [0.1, 0.15) is 17.2 Å². The summed E-state index contributed by atoms with van der Waals surface area (Å²) in [5.41, 5.74) is 12.0. The summed E-state index contributed by atoms with van der Waals surface area (Å²) in [6.07, 6.45) is 0. The lowest BCUT2D eigenvalue weighted by Gasteiger charge is -2.26. The molecule has 0 atom stereocenters. The molecule has 0 N–H and O–H groups in total. The van der Waals surface area contributed by atoms with Crippen molar-refractivity contribution in [3.8, 4) is 33.7 Å². The Bertz CT molecular complexity index is 2550. The maximum absolute atomic E-state index is 13.9. The molecule has 0 spiro atoms. The van der Waals surface area contributed by atoms with Crippen molar-refractivity contribution in [2.24, 2.45) is 0 Å². The molecule has 0 unspecified atom stereocenters. The number of nitrogens with zero attached hydrogens (tertiary/aromatic N) is 3.